The number of benzene rings is 1. The molecule has 1 aromatic carbocycles. The van der Waals surface area contributed by atoms with E-state index in [-0.39, 0.29) is 29.5 Å². The molecule has 1 amide bonds. The molecule has 0 aromatic heterocycles. The largest absolute Gasteiger partial charge is 0.507 e. The summed E-state index contributed by atoms with van der Waals surface area (Å²) in [6.07, 6.45) is 1.25. The van der Waals surface area contributed by atoms with E-state index < -0.39 is 0 Å². The number of carbonyl (C=O) groups excluding carboxylic acids is 2. The van der Waals surface area contributed by atoms with Gasteiger partial charge in [-0.05, 0) is 25.5 Å². The van der Waals surface area contributed by atoms with Crippen LogP contribution in [-0.4, -0.2) is 34.8 Å². The van der Waals surface area contributed by atoms with Gasteiger partial charge in [0, 0.05) is 13.0 Å². The Morgan fingerprint density at radius 1 is 1.41 bits per heavy atom. The molecular formula is C13H15NO3. The molecule has 1 heterocycles. The van der Waals surface area contributed by atoms with Crippen LogP contribution in [0, 0.1) is 6.92 Å². The monoisotopic (exact) mass is 233 g/mol. The minimum Gasteiger partial charge on any atom is -0.507 e. The predicted molar refractivity (Wildman–Crippen MR) is 63.0 cm³/mol. The number of piperidine rings is 1. The van der Waals surface area contributed by atoms with Crippen LogP contribution in [0.15, 0.2) is 18.2 Å². The van der Waals surface area contributed by atoms with Crippen molar-refractivity contribution in [2.45, 2.75) is 19.8 Å². The van der Waals surface area contributed by atoms with Crippen LogP contribution in [0.2, 0.25) is 0 Å². The first kappa shape index (κ1) is 11.6. The van der Waals surface area contributed by atoms with Crippen LogP contribution < -0.4 is 0 Å². The highest BCUT2D eigenvalue weighted by Crippen LogP contribution is 2.21. The number of nitrogens with zero attached hydrogens (tertiary/aromatic N) is 1. The lowest BCUT2D eigenvalue weighted by atomic mass is 10.1. The molecule has 0 aliphatic carbocycles. The number of hydrogen-bond acceptors (Lipinski definition) is 3. The number of likely N-dealkylation sites (tertiary alicyclic amines) is 1. The van der Waals surface area contributed by atoms with Crippen molar-refractivity contribution in [3.8, 4) is 5.75 Å². The predicted octanol–water partition coefficient (Wildman–Crippen LogP) is 1.51. The second kappa shape index (κ2) is 4.57. The standard InChI is InChI=1S/C13H15NO3/c1-9-4-5-12(16)11(7-9)13(17)14-6-2-3-10(15)8-14/h4-5,7,16H,2-3,6,8H2,1H3. The van der Waals surface area contributed by atoms with Gasteiger partial charge in [0.25, 0.3) is 5.91 Å². The Morgan fingerprint density at radius 2 is 2.18 bits per heavy atom. The van der Waals surface area contributed by atoms with Gasteiger partial charge in [-0.1, -0.05) is 11.6 Å². The summed E-state index contributed by atoms with van der Waals surface area (Å²) >= 11 is 0. The lowest BCUT2D eigenvalue weighted by Gasteiger charge is -2.26. The molecule has 0 bridgehead atoms. The van der Waals surface area contributed by atoms with Gasteiger partial charge in [0.05, 0.1) is 12.1 Å². The number of amides is 1. The van der Waals surface area contributed by atoms with Crippen molar-refractivity contribution in [3.63, 3.8) is 0 Å². The molecule has 1 saturated heterocycles. The summed E-state index contributed by atoms with van der Waals surface area (Å²) in [6.45, 7) is 2.60. The van der Waals surface area contributed by atoms with Crippen LogP contribution in [0.4, 0.5) is 0 Å². The minimum atomic E-state index is -0.265. The zero-order valence-electron chi connectivity index (χ0n) is 9.77. The third-order valence-corrected chi connectivity index (χ3v) is 2.92. The maximum absolute atomic E-state index is 12.1. The fourth-order valence-electron chi connectivity index (χ4n) is 2.00. The smallest absolute Gasteiger partial charge is 0.258 e. The number of aryl methyl sites for hydroxylation is 1. The van der Waals surface area contributed by atoms with Gasteiger partial charge in [0.15, 0.2) is 5.78 Å². The summed E-state index contributed by atoms with van der Waals surface area (Å²) in [5, 5.41) is 9.67. The molecule has 4 heteroatoms. The van der Waals surface area contributed by atoms with E-state index in [1.165, 1.54) is 11.0 Å². The molecule has 4 nitrogen and oxygen atoms in total. The lowest BCUT2D eigenvalue weighted by Crippen LogP contribution is -2.40. The van der Waals surface area contributed by atoms with Gasteiger partial charge in [-0.3, -0.25) is 9.59 Å². The van der Waals surface area contributed by atoms with Crippen molar-refractivity contribution in [2.24, 2.45) is 0 Å². The van der Waals surface area contributed by atoms with E-state index in [2.05, 4.69) is 0 Å². The highest BCUT2D eigenvalue weighted by Gasteiger charge is 2.24. The summed E-state index contributed by atoms with van der Waals surface area (Å²) in [4.78, 5) is 24.9. The van der Waals surface area contributed by atoms with Crippen molar-refractivity contribution < 1.29 is 14.7 Å². The summed E-state index contributed by atoms with van der Waals surface area (Å²) in [6, 6.07) is 4.90. The maximum Gasteiger partial charge on any atom is 0.258 e. The highest BCUT2D eigenvalue weighted by atomic mass is 16.3. The van der Waals surface area contributed by atoms with Crippen LogP contribution in [-0.2, 0) is 4.79 Å². The van der Waals surface area contributed by atoms with E-state index in [0.717, 1.165) is 5.56 Å². The summed E-state index contributed by atoms with van der Waals surface area (Å²) in [7, 11) is 0. The molecule has 1 fully saturated rings. The lowest BCUT2D eigenvalue weighted by molar-refractivity contribution is -0.121. The number of ketones is 1. The van der Waals surface area contributed by atoms with Crippen LogP contribution in [0.5, 0.6) is 5.75 Å². The number of aromatic hydroxyl groups is 1. The Kier molecular flexibility index (Phi) is 3.13. The van der Waals surface area contributed by atoms with Gasteiger partial charge in [-0.2, -0.15) is 0 Å². The maximum atomic E-state index is 12.1. The number of Topliss-reactive ketones (excluding diaryl/α,β-unsaturated/α-hetero) is 1. The SMILES string of the molecule is Cc1ccc(O)c(C(=O)N2CCCC(=O)C2)c1. The molecule has 1 aromatic rings. The Hall–Kier alpha value is -1.84. The summed E-state index contributed by atoms with van der Waals surface area (Å²) in [5.41, 5.74) is 1.19. The number of phenols is 1. The number of rotatable bonds is 1. The molecular weight excluding hydrogens is 218 g/mol. The van der Waals surface area contributed by atoms with E-state index in [9.17, 15) is 14.7 Å². The minimum absolute atomic E-state index is 0.0291. The summed E-state index contributed by atoms with van der Waals surface area (Å²) in [5.74, 6) is -0.213. The Bertz CT molecular complexity index is 468. The van der Waals surface area contributed by atoms with Crippen molar-refractivity contribution in [1.82, 2.24) is 4.90 Å². The first-order chi connectivity index (χ1) is 8.08. The van der Waals surface area contributed by atoms with Gasteiger partial charge in [-0.15, -0.1) is 0 Å². The van der Waals surface area contributed by atoms with Gasteiger partial charge < -0.3 is 10.0 Å². The van der Waals surface area contributed by atoms with Gasteiger partial charge in [-0.25, -0.2) is 0 Å². The average molecular weight is 233 g/mol. The first-order valence-electron chi connectivity index (χ1n) is 5.68. The third-order valence-electron chi connectivity index (χ3n) is 2.92. The molecule has 0 saturated carbocycles. The third kappa shape index (κ3) is 2.46. The molecule has 0 atom stereocenters. The quantitative estimate of drug-likeness (QED) is 0.799. The normalized spacial score (nSPS) is 16.1. The Balaban J connectivity index is 2.24. The van der Waals surface area contributed by atoms with Gasteiger partial charge >= 0.3 is 0 Å². The topological polar surface area (TPSA) is 57.6 Å². The average Bonchev–Trinajstić information content (AvgIpc) is 2.31. The van der Waals surface area contributed by atoms with Crippen molar-refractivity contribution in [3.05, 3.63) is 29.3 Å². The van der Waals surface area contributed by atoms with Crippen LogP contribution in [0.3, 0.4) is 0 Å². The van der Waals surface area contributed by atoms with Crippen molar-refractivity contribution >= 4 is 11.7 Å². The molecule has 90 valence electrons. The van der Waals surface area contributed by atoms with Gasteiger partial charge in [0.1, 0.15) is 5.75 Å². The molecule has 17 heavy (non-hydrogen) atoms. The zero-order valence-corrected chi connectivity index (χ0v) is 9.77. The second-order valence-electron chi connectivity index (χ2n) is 4.39. The number of hydrogen-bond donors (Lipinski definition) is 1. The Labute approximate surface area is 99.9 Å². The highest BCUT2D eigenvalue weighted by molar-refractivity contribution is 5.99. The van der Waals surface area contributed by atoms with Crippen molar-refractivity contribution in [2.75, 3.05) is 13.1 Å². The van der Waals surface area contributed by atoms with Crippen LogP contribution in [0.25, 0.3) is 0 Å². The van der Waals surface area contributed by atoms with E-state index in [1.54, 1.807) is 12.1 Å². The van der Waals surface area contributed by atoms with E-state index in [0.29, 0.717) is 19.4 Å². The fourth-order valence-corrected chi connectivity index (χ4v) is 2.00. The molecule has 1 N–H and O–H groups in total. The second-order valence-corrected chi connectivity index (χ2v) is 4.39. The molecule has 0 unspecified atom stereocenters. The van der Waals surface area contributed by atoms with E-state index in [1.807, 2.05) is 6.92 Å². The molecule has 1 aliphatic heterocycles. The zero-order chi connectivity index (χ0) is 12.4. The number of carbonyl (C=O) groups is 2. The first-order valence-corrected chi connectivity index (χ1v) is 5.68. The molecule has 1 aliphatic rings. The van der Waals surface area contributed by atoms with Gasteiger partial charge in [0.2, 0.25) is 0 Å². The van der Waals surface area contributed by atoms with E-state index >= 15 is 0 Å². The molecule has 0 radical (unpaired) electrons. The Morgan fingerprint density at radius 3 is 2.88 bits per heavy atom. The van der Waals surface area contributed by atoms with Crippen molar-refractivity contribution in [1.29, 1.82) is 0 Å². The van der Waals surface area contributed by atoms with Crippen LogP contribution >= 0.6 is 0 Å². The van der Waals surface area contributed by atoms with Crippen LogP contribution in [0.1, 0.15) is 28.8 Å². The van der Waals surface area contributed by atoms with E-state index in [4.69, 9.17) is 0 Å². The number of phenolic OH excluding ortho intramolecular Hbond substituents is 1. The fraction of sp³-hybridized carbons (Fsp3) is 0.385. The molecule has 2 rings (SSSR count). The molecule has 0 spiro atoms. The summed E-state index contributed by atoms with van der Waals surface area (Å²) < 4.78 is 0.